The molecule has 17 heavy (non-hydrogen) atoms. The van der Waals surface area contributed by atoms with Crippen molar-refractivity contribution in [2.45, 2.75) is 20.8 Å². The summed E-state index contributed by atoms with van der Waals surface area (Å²) >= 11 is 0. The number of allylic oxidation sites excluding steroid dienone is 5. The highest BCUT2D eigenvalue weighted by Gasteiger charge is 1.99. The minimum absolute atomic E-state index is 0.279. The number of aryl methyl sites for hydroxylation is 1. The van der Waals surface area contributed by atoms with Crippen LogP contribution in [0.1, 0.15) is 19.4 Å². The molecule has 1 rings (SSSR count). The van der Waals surface area contributed by atoms with E-state index in [0.717, 1.165) is 22.6 Å². The van der Waals surface area contributed by atoms with Crippen molar-refractivity contribution >= 4 is 0 Å². The fraction of sp³-hybridized carbons (Fsp3) is 0.200. The molecule has 0 aliphatic rings. The Bertz CT molecular complexity index is 468. The molecule has 0 atom stereocenters. The van der Waals surface area contributed by atoms with Crippen molar-refractivity contribution in [1.82, 2.24) is 0 Å². The molecule has 2 heteroatoms. The molecule has 90 valence electrons. The number of phenols is 1. The highest BCUT2D eigenvalue weighted by atomic mass is 16.5. The van der Waals surface area contributed by atoms with E-state index in [0.29, 0.717) is 0 Å². The van der Waals surface area contributed by atoms with Crippen molar-refractivity contribution in [3.05, 3.63) is 59.9 Å². The lowest BCUT2D eigenvalue weighted by molar-refractivity contribution is 0.423. The maximum absolute atomic E-state index is 9.40. The number of benzene rings is 1. The standard InChI is InChI=1S/C15H18O2/c1-5-11(2)6-7-13(4)17-14-8-9-15(16)12(3)10-14/h5-10,16H,1H2,2-4H3/b11-6-,13-7+. The van der Waals surface area contributed by atoms with Gasteiger partial charge in [-0.1, -0.05) is 24.3 Å². The lowest BCUT2D eigenvalue weighted by Gasteiger charge is -2.07. The third-order valence-corrected chi connectivity index (χ3v) is 2.35. The lowest BCUT2D eigenvalue weighted by Crippen LogP contribution is -1.90. The van der Waals surface area contributed by atoms with Crippen LogP contribution < -0.4 is 4.74 Å². The summed E-state index contributed by atoms with van der Waals surface area (Å²) in [7, 11) is 0. The van der Waals surface area contributed by atoms with Crippen LogP contribution in [0.3, 0.4) is 0 Å². The van der Waals surface area contributed by atoms with Gasteiger partial charge in [-0.3, -0.25) is 0 Å². The fourth-order valence-electron chi connectivity index (χ4n) is 1.23. The Balaban J connectivity index is 2.77. The Labute approximate surface area is 103 Å². The van der Waals surface area contributed by atoms with Crippen LogP contribution in [0.5, 0.6) is 11.5 Å². The van der Waals surface area contributed by atoms with Crippen LogP contribution in [-0.2, 0) is 0 Å². The van der Waals surface area contributed by atoms with Gasteiger partial charge in [0.1, 0.15) is 17.3 Å². The second kappa shape index (κ2) is 5.94. The molecule has 0 aliphatic carbocycles. The summed E-state index contributed by atoms with van der Waals surface area (Å²) in [6.07, 6.45) is 5.61. The van der Waals surface area contributed by atoms with Gasteiger partial charge in [-0.15, -0.1) is 0 Å². The topological polar surface area (TPSA) is 29.5 Å². The van der Waals surface area contributed by atoms with Gasteiger partial charge in [-0.2, -0.15) is 0 Å². The molecule has 0 saturated heterocycles. The number of hydrogen-bond acceptors (Lipinski definition) is 2. The molecule has 0 saturated carbocycles. The van der Waals surface area contributed by atoms with Crippen LogP contribution in [0.2, 0.25) is 0 Å². The predicted octanol–water partition coefficient (Wildman–Crippen LogP) is 4.12. The third-order valence-electron chi connectivity index (χ3n) is 2.35. The summed E-state index contributed by atoms with van der Waals surface area (Å²) in [5.74, 6) is 1.79. The molecule has 1 aromatic carbocycles. The minimum atomic E-state index is 0.279. The lowest BCUT2D eigenvalue weighted by atomic mass is 10.2. The van der Waals surface area contributed by atoms with Gasteiger partial charge in [0, 0.05) is 0 Å². The number of aromatic hydroxyl groups is 1. The summed E-state index contributed by atoms with van der Waals surface area (Å²) in [5.41, 5.74) is 1.88. The van der Waals surface area contributed by atoms with Crippen LogP contribution in [0.25, 0.3) is 0 Å². The molecule has 0 aliphatic heterocycles. The predicted molar refractivity (Wildman–Crippen MR) is 71.2 cm³/mol. The summed E-state index contributed by atoms with van der Waals surface area (Å²) in [6, 6.07) is 5.17. The zero-order valence-electron chi connectivity index (χ0n) is 10.5. The number of rotatable bonds is 4. The molecule has 2 nitrogen and oxygen atoms in total. The number of phenolic OH excluding ortho intramolecular Hbond substituents is 1. The SMILES string of the molecule is C=C/C(C)=C\C=C(/C)Oc1ccc(O)c(C)c1. The highest BCUT2D eigenvalue weighted by molar-refractivity contribution is 5.39. The Kier molecular flexibility index (Phi) is 4.58. The molecule has 0 radical (unpaired) electrons. The normalized spacial score (nSPS) is 12.4. The van der Waals surface area contributed by atoms with Gasteiger partial charge < -0.3 is 9.84 Å². The van der Waals surface area contributed by atoms with Gasteiger partial charge >= 0.3 is 0 Å². The van der Waals surface area contributed by atoms with E-state index in [1.54, 1.807) is 24.3 Å². The van der Waals surface area contributed by atoms with Gasteiger partial charge in [-0.25, -0.2) is 0 Å². The molecule has 1 aromatic rings. The van der Waals surface area contributed by atoms with Gasteiger partial charge in [-0.05, 0) is 50.6 Å². The second-order valence-electron chi connectivity index (χ2n) is 3.94. The van der Waals surface area contributed by atoms with Crippen molar-refractivity contribution in [1.29, 1.82) is 0 Å². The van der Waals surface area contributed by atoms with E-state index in [-0.39, 0.29) is 5.75 Å². The number of ether oxygens (including phenoxy) is 1. The van der Waals surface area contributed by atoms with Crippen LogP contribution in [-0.4, -0.2) is 5.11 Å². The van der Waals surface area contributed by atoms with Gasteiger partial charge in [0.2, 0.25) is 0 Å². The largest absolute Gasteiger partial charge is 0.508 e. The molecule has 1 N–H and O–H groups in total. The first-order valence-corrected chi connectivity index (χ1v) is 5.48. The van der Waals surface area contributed by atoms with Crippen molar-refractivity contribution in [2.24, 2.45) is 0 Å². The average molecular weight is 230 g/mol. The summed E-state index contributed by atoms with van der Waals surface area (Å²) in [6.45, 7) is 9.37. The van der Waals surface area contributed by atoms with Crippen LogP contribution in [0.15, 0.2) is 54.3 Å². The van der Waals surface area contributed by atoms with Crippen molar-refractivity contribution in [2.75, 3.05) is 0 Å². The molecule has 0 fully saturated rings. The van der Waals surface area contributed by atoms with Gasteiger partial charge in [0.05, 0.1) is 0 Å². The quantitative estimate of drug-likeness (QED) is 0.623. The monoisotopic (exact) mass is 230 g/mol. The van der Waals surface area contributed by atoms with E-state index in [4.69, 9.17) is 4.74 Å². The van der Waals surface area contributed by atoms with Crippen LogP contribution >= 0.6 is 0 Å². The smallest absolute Gasteiger partial charge is 0.127 e. The Hall–Kier alpha value is -1.96. The van der Waals surface area contributed by atoms with E-state index < -0.39 is 0 Å². The summed E-state index contributed by atoms with van der Waals surface area (Å²) < 4.78 is 5.62. The third kappa shape index (κ3) is 4.19. The van der Waals surface area contributed by atoms with Crippen LogP contribution in [0.4, 0.5) is 0 Å². The van der Waals surface area contributed by atoms with E-state index >= 15 is 0 Å². The fourth-order valence-corrected chi connectivity index (χ4v) is 1.23. The van der Waals surface area contributed by atoms with Crippen molar-refractivity contribution in [3.63, 3.8) is 0 Å². The van der Waals surface area contributed by atoms with E-state index in [9.17, 15) is 5.11 Å². The molecule has 0 spiro atoms. The molecule has 0 amide bonds. The Morgan fingerprint density at radius 2 is 2.00 bits per heavy atom. The van der Waals surface area contributed by atoms with E-state index in [1.807, 2.05) is 32.9 Å². The maximum atomic E-state index is 9.40. The van der Waals surface area contributed by atoms with E-state index in [2.05, 4.69) is 6.58 Å². The Morgan fingerprint density at radius 1 is 1.29 bits per heavy atom. The molecular formula is C15H18O2. The van der Waals surface area contributed by atoms with Crippen molar-refractivity contribution in [3.8, 4) is 11.5 Å². The minimum Gasteiger partial charge on any atom is -0.508 e. The zero-order valence-corrected chi connectivity index (χ0v) is 10.5. The molecule has 0 bridgehead atoms. The maximum Gasteiger partial charge on any atom is 0.127 e. The van der Waals surface area contributed by atoms with Gasteiger partial charge in [0.25, 0.3) is 0 Å². The summed E-state index contributed by atoms with van der Waals surface area (Å²) in [5, 5.41) is 9.40. The molecular weight excluding hydrogens is 212 g/mol. The molecule has 0 heterocycles. The summed E-state index contributed by atoms with van der Waals surface area (Å²) in [4.78, 5) is 0. The van der Waals surface area contributed by atoms with Crippen molar-refractivity contribution < 1.29 is 9.84 Å². The van der Waals surface area contributed by atoms with Crippen LogP contribution in [0, 0.1) is 6.92 Å². The molecule has 0 aromatic heterocycles. The van der Waals surface area contributed by atoms with Gasteiger partial charge in [0.15, 0.2) is 0 Å². The Morgan fingerprint density at radius 3 is 2.59 bits per heavy atom. The first-order chi connectivity index (χ1) is 8.02. The average Bonchev–Trinajstić information content (AvgIpc) is 2.31. The first-order valence-electron chi connectivity index (χ1n) is 5.48. The van der Waals surface area contributed by atoms with E-state index in [1.165, 1.54) is 0 Å². The zero-order chi connectivity index (χ0) is 12.8. The number of hydrogen-bond donors (Lipinski definition) is 1. The molecule has 0 unspecified atom stereocenters. The first kappa shape index (κ1) is 13.1. The highest BCUT2D eigenvalue weighted by Crippen LogP contribution is 2.23. The second-order valence-corrected chi connectivity index (χ2v) is 3.94.